The van der Waals surface area contributed by atoms with Gasteiger partial charge in [0.1, 0.15) is 0 Å². The molecule has 0 radical (unpaired) electrons. The second-order valence-corrected chi connectivity index (χ2v) is 10.6. The molecule has 0 saturated carbocycles. The summed E-state index contributed by atoms with van der Waals surface area (Å²) >= 11 is -0.722. The maximum absolute atomic E-state index is 10.4. The standard InChI is InChI=1S/C24H26AsN3O4/c1-30-22-11-18-20(12-23(22)32-14-16(29)13-28-8-2-3-9-28)26-15-27-24(18)25-19-5-4-6-21-17(19)7-10-31-21/h4-7,10-12,15-16,25,29H,2-3,8-9,13-14H2,1H3. The summed E-state index contributed by atoms with van der Waals surface area (Å²) in [7, 11) is 1.63. The van der Waals surface area contributed by atoms with Crippen LogP contribution in [0.1, 0.15) is 12.8 Å². The van der Waals surface area contributed by atoms with E-state index in [0.717, 1.165) is 39.4 Å². The van der Waals surface area contributed by atoms with Crippen molar-refractivity contribution in [3.8, 4) is 11.5 Å². The van der Waals surface area contributed by atoms with Gasteiger partial charge in [-0.2, -0.15) is 0 Å². The summed E-state index contributed by atoms with van der Waals surface area (Å²) in [5.41, 5.74) is 1.70. The first-order chi connectivity index (χ1) is 15.7. The summed E-state index contributed by atoms with van der Waals surface area (Å²) in [5, 5.41) is 12.5. The van der Waals surface area contributed by atoms with Gasteiger partial charge in [-0.05, 0) is 0 Å². The summed E-state index contributed by atoms with van der Waals surface area (Å²) in [6.45, 7) is 2.94. The number of likely N-dealkylation sites (tertiary alicyclic amines) is 1. The van der Waals surface area contributed by atoms with Gasteiger partial charge in [-0.15, -0.1) is 0 Å². The molecule has 2 aromatic carbocycles. The summed E-state index contributed by atoms with van der Waals surface area (Å²) < 4.78 is 19.4. The number of methoxy groups -OCH3 is 1. The first-order valence-corrected chi connectivity index (χ1v) is 12.9. The number of aromatic nitrogens is 2. The van der Waals surface area contributed by atoms with Crippen LogP contribution in [0.3, 0.4) is 0 Å². The molecule has 2 aromatic heterocycles. The van der Waals surface area contributed by atoms with E-state index in [2.05, 4.69) is 20.9 Å². The van der Waals surface area contributed by atoms with Crippen LogP contribution < -0.4 is 18.3 Å². The van der Waals surface area contributed by atoms with Gasteiger partial charge in [0, 0.05) is 0 Å². The predicted molar refractivity (Wildman–Crippen MR) is 126 cm³/mol. The molecular weight excluding hydrogens is 469 g/mol. The Morgan fingerprint density at radius 3 is 2.84 bits per heavy atom. The molecule has 2 unspecified atom stereocenters. The quantitative estimate of drug-likeness (QED) is 0.372. The fourth-order valence-electron chi connectivity index (χ4n) is 4.17. The van der Waals surface area contributed by atoms with Crippen molar-refractivity contribution in [2.24, 2.45) is 0 Å². The van der Waals surface area contributed by atoms with Crippen LogP contribution in [0.25, 0.3) is 21.9 Å². The van der Waals surface area contributed by atoms with Crippen molar-refractivity contribution < 1.29 is 19.0 Å². The van der Waals surface area contributed by atoms with Crippen LogP contribution in [0.4, 0.5) is 0 Å². The van der Waals surface area contributed by atoms with E-state index in [0.29, 0.717) is 18.0 Å². The van der Waals surface area contributed by atoms with Crippen LogP contribution >= 0.6 is 0 Å². The topological polar surface area (TPSA) is 80.9 Å². The zero-order valence-corrected chi connectivity index (χ0v) is 20.1. The minimum atomic E-state index is -0.722. The molecule has 0 amide bonds. The molecule has 1 N–H and O–H groups in total. The molecule has 0 aliphatic carbocycles. The van der Waals surface area contributed by atoms with Gasteiger partial charge in [-0.1, -0.05) is 0 Å². The van der Waals surface area contributed by atoms with Crippen LogP contribution in [0, 0.1) is 0 Å². The number of aliphatic hydroxyl groups is 1. The minimum absolute atomic E-state index is 0.215. The molecule has 3 heterocycles. The van der Waals surface area contributed by atoms with Crippen molar-refractivity contribution >= 4 is 46.5 Å². The number of benzene rings is 2. The van der Waals surface area contributed by atoms with Crippen LogP contribution in [0.15, 0.2) is 53.4 Å². The fraction of sp³-hybridized carbons (Fsp3) is 0.333. The zero-order chi connectivity index (χ0) is 21.9. The van der Waals surface area contributed by atoms with E-state index < -0.39 is 21.9 Å². The summed E-state index contributed by atoms with van der Waals surface area (Å²) in [4.78, 5) is 11.3. The third-order valence-corrected chi connectivity index (χ3v) is 8.58. The Hall–Kier alpha value is -2.60. The molecule has 4 aromatic rings. The first kappa shape index (κ1) is 21.3. The van der Waals surface area contributed by atoms with Gasteiger partial charge in [0.15, 0.2) is 0 Å². The van der Waals surface area contributed by atoms with Gasteiger partial charge >= 0.3 is 193 Å². The molecule has 8 heteroatoms. The molecule has 1 fully saturated rings. The van der Waals surface area contributed by atoms with Gasteiger partial charge in [-0.3, -0.25) is 0 Å². The fourth-order valence-corrected chi connectivity index (χ4v) is 6.76. The van der Waals surface area contributed by atoms with Gasteiger partial charge in [0.2, 0.25) is 0 Å². The normalized spacial score (nSPS) is 15.8. The molecule has 166 valence electrons. The third kappa shape index (κ3) is 4.46. The van der Waals surface area contributed by atoms with E-state index in [9.17, 15) is 5.11 Å². The van der Waals surface area contributed by atoms with E-state index in [4.69, 9.17) is 13.9 Å². The van der Waals surface area contributed by atoms with Crippen molar-refractivity contribution in [3.05, 3.63) is 49.0 Å². The number of β-amino-alcohol motifs (C(OH)–C–C–N with tert-alkyl or cyclic N) is 1. The third-order valence-electron chi connectivity index (χ3n) is 5.77. The Labute approximate surface area is 193 Å². The number of aliphatic hydroxyl groups excluding tert-OH is 1. The van der Waals surface area contributed by atoms with Gasteiger partial charge in [-0.25, -0.2) is 0 Å². The molecular formula is C24H26AsN3O4. The van der Waals surface area contributed by atoms with Crippen molar-refractivity contribution in [1.82, 2.24) is 14.9 Å². The van der Waals surface area contributed by atoms with Crippen molar-refractivity contribution in [1.29, 1.82) is 0 Å². The van der Waals surface area contributed by atoms with Crippen LogP contribution in [0.2, 0.25) is 0 Å². The van der Waals surface area contributed by atoms with Crippen LogP contribution in [-0.4, -0.2) is 75.2 Å². The Morgan fingerprint density at radius 1 is 1.12 bits per heavy atom. The Balaban J connectivity index is 1.39. The molecule has 1 saturated heterocycles. The zero-order valence-electron chi connectivity index (χ0n) is 18.0. The average Bonchev–Trinajstić information content (AvgIpc) is 3.50. The summed E-state index contributed by atoms with van der Waals surface area (Å²) in [5.74, 6) is 1.21. The number of hydrogen-bond donors (Lipinski definition) is 1. The number of fused-ring (bicyclic) bond motifs is 2. The van der Waals surface area contributed by atoms with Gasteiger partial charge in [0.25, 0.3) is 0 Å². The number of nitrogens with zero attached hydrogens (tertiary/aromatic N) is 3. The van der Waals surface area contributed by atoms with Crippen LogP contribution in [-0.2, 0) is 0 Å². The van der Waals surface area contributed by atoms with Gasteiger partial charge in [0.05, 0.1) is 0 Å². The molecule has 32 heavy (non-hydrogen) atoms. The van der Waals surface area contributed by atoms with E-state index >= 15 is 0 Å². The molecule has 0 spiro atoms. The van der Waals surface area contributed by atoms with Crippen LogP contribution in [0.5, 0.6) is 11.5 Å². The van der Waals surface area contributed by atoms with E-state index in [-0.39, 0.29) is 6.61 Å². The Kier molecular flexibility index (Phi) is 6.30. The van der Waals surface area contributed by atoms with Crippen molar-refractivity contribution in [3.63, 3.8) is 0 Å². The van der Waals surface area contributed by atoms with E-state index in [1.54, 1.807) is 19.7 Å². The van der Waals surface area contributed by atoms with E-state index in [1.807, 2.05) is 30.3 Å². The molecule has 1 aliphatic rings. The molecule has 1 aliphatic heterocycles. The summed E-state index contributed by atoms with van der Waals surface area (Å²) in [6, 6.07) is 12.0. The maximum atomic E-state index is 10.4. The number of rotatable bonds is 8. The molecule has 5 rings (SSSR count). The second-order valence-electron chi connectivity index (χ2n) is 7.98. The number of ether oxygens (including phenoxy) is 2. The number of hydrogen-bond acceptors (Lipinski definition) is 7. The van der Waals surface area contributed by atoms with Crippen molar-refractivity contribution in [2.45, 2.75) is 18.9 Å². The Morgan fingerprint density at radius 2 is 2.00 bits per heavy atom. The summed E-state index contributed by atoms with van der Waals surface area (Å²) in [6.07, 6.45) is 5.19. The Bertz CT molecular complexity index is 1220. The molecule has 7 nitrogen and oxygen atoms in total. The first-order valence-electron chi connectivity index (χ1n) is 10.8. The molecule has 2 atom stereocenters. The monoisotopic (exact) mass is 495 g/mol. The predicted octanol–water partition coefficient (Wildman–Crippen LogP) is 1.61. The van der Waals surface area contributed by atoms with E-state index in [1.165, 1.54) is 17.2 Å². The SMILES string of the molecule is COc1cc2c([AsH]c3cccc4occc34)ncnc2cc1OCC(O)CN1CCCC1. The number of furan rings is 1. The second kappa shape index (κ2) is 9.49. The average molecular weight is 495 g/mol. The van der Waals surface area contributed by atoms with Gasteiger partial charge < -0.3 is 0 Å². The van der Waals surface area contributed by atoms with Crippen molar-refractivity contribution in [2.75, 3.05) is 33.4 Å². The molecule has 0 bridgehead atoms.